The summed E-state index contributed by atoms with van der Waals surface area (Å²) in [5, 5.41) is 16.2. The molecule has 0 saturated carbocycles. The zero-order chi connectivity index (χ0) is 14.5. The van der Waals surface area contributed by atoms with Gasteiger partial charge in [0.1, 0.15) is 11.9 Å². The minimum atomic E-state index is -0.898. The van der Waals surface area contributed by atoms with E-state index in [-0.39, 0.29) is 5.92 Å². The molecular formula is C13H17N5O2. The summed E-state index contributed by atoms with van der Waals surface area (Å²) in [5.74, 6) is 0.329. The molecule has 2 aromatic heterocycles. The van der Waals surface area contributed by atoms with Gasteiger partial charge in [0.25, 0.3) is 0 Å². The number of nitrogens with zero attached hydrogens (tertiary/aromatic N) is 4. The molecule has 2 rings (SSSR count). The van der Waals surface area contributed by atoms with Gasteiger partial charge in [-0.2, -0.15) is 5.10 Å². The Balaban J connectivity index is 2.16. The van der Waals surface area contributed by atoms with Crippen LogP contribution in [0.2, 0.25) is 0 Å². The molecule has 2 aromatic rings. The van der Waals surface area contributed by atoms with Crippen LogP contribution < -0.4 is 5.32 Å². The topological polar surface area (TPSA) is 92.9 Å². The first-order valence-corrected chi connectivity index (χ1v) is 6.37. The molecule has 0 bridgehead atoms. The summed E-state index contributed by atoms with van der Waals surface area (Å²) in [6, 6.07) is 1.10. The summed E-state index contributed by atoms with van der Waals surface area (Å²) in [4.78, 5) is 19.6. The number of carboxylic acids is 1. The number of rotatable bonds is 6. The van der Waals surface area contributed by atoms with Crippen LogP contribution in [0.5, 0.6) is 0 Å². The summed E-state index contributed by atoms with van der Waals surface area (Å²) in [7, 11) is 0. The Kier molecular flexibility index (Phi) is 4.29. The van der Waals surface area contributed by atoms with Crippen LogP contribution in [0.15, 0.2) is 30.9 Å². The van der Waals surface area contributed by atoms with E-state index in [9.17, 15) is 9.90 Å². The van der Waals surface area contributed by atoms with Gasteiger partial charge in [-0.25, -0.2) is 14.5 Å². The molecule has 2 N–H and O–H groups in total. The minimum absolute atomic E-state index is 0.269. The molecule has 20 heavy (non-hydrogen) atoms. The summed E-state index contributed by atoms with van der Waals surface area (Å²) < 4.78 is 1.57. The van der Waals surface area contributed by atoms with Crippen LogP contribution in [-0.2, 0) is 4.79 Å². The predicted octanol–water partition coefficient (Wildman–Crippen LogP) is 1.57. The van der Waals surface area contributed by atoms with Crippen molar-refractivity contribution in [2.75, 3.05) is 5.32 Å². The maximum absolute atomic E-state index is 11.2. The largest absolute Gasteiger partial charge is 0.480 e. The van der Waals surface area contributed by atoms with Crippen LogP contribution in [-0.4, -0.2) is 36.9 Å². The lowest BCUT2D eigenvalue weighted by Crippen LogP contribution is -2.31. The molecule has 0 aromatic carbocycles. The molecule has 0 fully saturated rings. The fourth-order valence-corrected chi connectivity index (χ4v) is 1.81. The average Bonchev–Trinajstić information content (AvgIpc) is 2.91. The van der Waals surface area contributed by atoms with E-state index in [2.05, 4.69) is 20.4 Å². The Bertz CT molecular complexity index is 568. The standard InChI is InChI=1S/C13H17N5O2/c1-9(2)6-10(13(19)20)16-11-7-14-8-12(17-11)18-5-3-4-15-18/h3-5,7-10H,6H2,1-2H3,(H,16,17)(H,19,20). The summed E-state index contributed by atoms with van der Waals surface area (Å²) in [6.45, 7) is 3.95. The second-order valence-corrected chi connectivity index (χ2v) is 4.88. The third-order valence-corrected chi connectivity index (χ3v) is 2.69. The molecule has 106 valence electrons. The summed E-state index contributed by atoms with van der Waals surface area (Å²) in [5.41, 5.74) is 0. The molecule has 0 amide bonds. The van der Waals surface area contributed by atoms with Gasteiger partial charge in [0.15, 0.2) is 5.82 Å². The molecule has 7 nitrogen and oxygen atoms in total. The molecular weight excluding hydrogens is 258 g/mol. The van der Waals surface area contributed by atoms with Gasteiger partial charge < -0.3 is 10.4 Å². The van der Waals surface area contributed by atoms with Gasteiger partial charge in [-0.1, -0.05) is 13.8 Å². The number of hydrogen-bond acceptors (Lipinski definition) is 5. The second kappa shape index (κ2) is 6.14. The number of aliphatic carboxylic acids is 1. The number of carboxylic acid groups (broad SMARTS) is 1. The molecule has 0 spiro atoms. The Morgan fingerprint density at radius 2 is 2.25 bits per heavy atom. The van der Waals surface area contributed by atoms with Crippen molar-refractivity contribution in [3.63, 3.8) is 0 Å². The van der Waals surface area contributed by atoms with Crippen molar-refractivity contribution in [1.29, 1.82) is 0 Å². The first kappa shape index (κ1) is 14.0. The van der Waals surface area contributed by atoms with E-state index in [1.54, 1.807) is 29.3 Å². The van der Waals surface area contributed by atoms with E-state index in [1.807, 2.05) is 13.8 Å². The summed E-state index contributed by atoms with van der Waals surface area (Å²) >= 11 is 0. The highest BCUT2D eigenvalue weighted by molar-refractivity contribution is 5.76. The molecule has 2 heterocycles. The van der Waals surface area contributed by atoms with Crippen LogP contribution in [0.1, 0.15) is 20.3 Å². The predicted molar refractivity (Wildman–Crippen MR) is 73.7 cm³/mol. The first-order chi connectivity index (χ1) is 9.56. The molecule has 0 aliphatic rings. The van der Waals surface area contributed by atoms with Crippen molar-refractivity contribution in [3.05, 3.63) is 30.9 Å². The van der Waals surface area contributed by atoms with E-state index < -0.39 is 12.0 Å². The van der Waals surface area contributed by atoms with E-state index in [0.29, 0.717) is 18.1 Å². The lowest BCUT2D eigenvalue weighted by molar-refractivity contribution is -0.138. The third-order valence-electron chi connectivity index (χ3n) is 2.69. The molecule has 0 saturated heterocycles. The van der Waals surface area contributed by atoms with Crippen LogP contribution in [0.25, 0.3) is 5.82 Å². The highest BCUT2D eigenvalue weighted by Crippen LogP contribution is 2.12. The van der Waals surface area contributed by atoms with Crippen LogP contribution in [0.4, 0.5) is 5.82 Å². The Morgan fingerprint density at radius 3 is 2.85 bits per heavy atom. The maximum Gasteiger partial charge on any atom is 0.326 e. The zero-order valence-electron chi connectivity index (χ0n) is 11.4. The number of anilines is 1. The lowest BCUT2D eigenvalue weighted by atomic mass is 10.0. The SMILES string of the molecule is CC(C)CC(Nc1cncc(-n2cccn2)n1)C(=O)O. The second-order valence-electron chi connectivity index (χ2n) is 4.88. The molecule has 0 radical (unpaired) electrons. The summed E-state index contributed by atoms with van der Waals surface area (Å²) in [6.07, 6.45) is 6.97. The van der Waals surface area contributed by atoms with Gasteiger partial charge in [-0.15, -0.1) is 0 Å². The Morgan fingerprint density at radius 1 is 1.45 bits per heavy atom. The minimum Gasteiger partial charge on any atom is -0.480 e. The third kappa shape index (κ3) is 3.53. The molecule has 7 heteroatoms. The van der Waals surface area contributed by atoms with Crippen molar-refractivity contribution >= 4 is 11.8 Å². The Hall–Kier alpha value is -2.44. The number of nitrogens with one attached hydrogen (secondary N) is 1. The fourth-order valence-electron chi connectivity index (χ4n) is 1.81. The number of hydrogen-bond donors (Lipinski definition) is 2. The van der Waals surface area contributed by atoms with E-state index in [0.717, 1.165) is 0 Å². The molecule has 1 unspecified atom stereocenters. The quantitative estimate of drug-likeness (QED) is 0.831. The average molecular weight is 275 g/mol. The van der Waals surface area contributed by atoms with E-state index in [1.165, 1.54) is 6.20 Å². The molecule has 1 atom stereocenters. The van der Waals surface area contributed by atoms with Crippen LogP contribution in [0, 0.1) is 5.92 Å². The van der Waals surface area contributed by atoms with Crippen LogP contribution >= 0.6 is 0 Å². The van der Waals surface area contributed by atoms with Crippen molar-refractivity contribution in [1.82, 2.24) is 19.7 Å². The zero-order valence-corrected chi connectivity index (χ0v) is 11.4. The van der Waals surface area contributed by atoms with Crippen molar-refractivity contribution < 1.29 is 9.90 Å². The van der Waals surface area contributed by atoms with Crippen molar-refractivity contribution in [2.24, 2.45) is 5.92 Å². The van der Waals surface area contributed by atoms with Gasteiger partial charge in [0.05, 0.1) is 12.4 Å². The normalized spacial score (nSPS) is 12.3. The highest BCUT2D eigenvalue weighted by atomic mass is 16.4. The van der Waals surface area contributed by atoms with Gasteiger partial charge >= 0.3 is 5.97 Å². The smallest absolute Gasteiger partial charge is 0.326 e. The van der Waals surface area contributed by atoms with Crippen LogP contribution in [0.3, 0.4) is 0 Å². The number of carbonyl (C=O) groups is 1. The van der Waals surface area contributed by atoms with E-state index in [4.69, 9.17) is 0 Å². The van der Waals surface area contributed by atoms with Gasteiger partial charge in [-0.05, 0) is 18.4 Å². The van der Waals surface area contributed by atoms with Crippen molar-refractivity contribution in [3.8, 4) is 5.82 Å². The number of aromatic nitrogens is 4. The van der Waals surface area contributed by atoms with Crippen molar-refractivity contribution in [2.45, 2.75) is 26.3 Å². The monoisotopic (exact) mass is 275 g/mol. The maximum atomic E-state index is 11.2. The fraction of sp³-hybridized carbons (Fsp3) is 0.385. The highest BCUT2D eigenvalue weighted by Gasteiger charge is 2.19. The molecule has 0 aliphatic carbocycles. The molecule has 0 aliphatic heterocycles. The van der Waals surface area contributed by atoms with Gasteiger partial charge in [0.2, 0.25) is 0 Å². The van der Waals surface area contributed by atoms with E-state index >= 15 is 0 Å². The van der Waals surface area contributed by atoms with Gasteiger partial charge in [0, 0.05) is 12.4 Å². The van der Waals surface area contributed by atoms with Gasteiger partial charge in [-0.3, -0.25) is 4.98 Å². The lowest BCUT2D eigenvalue weighted by Gasteiger charge is -2.17. The Labute approximate surface area is 116 Å². The first-order valence-electron chi connectivity index (χ1n) is 6.37.